The molecule has 1 N–H and O–H groups in total. The van der Waals surface area contributed by atoms with Crippen molar-refractivity contribution in [3.63, 3.8) is 0 Å². The molecule has 1 amide bonds. The first kappa shape index (κ1) is 33.5. The molecule has 5 rings (SSSR count). The van der Waals surface area contributed by atoms with E-state index < -0.39 is 6.09 Å². The number of hydrogen-bond acceptors (Lipinski definition) is 10. The predicted octanol–water partition coefficient (Wildman–Crippen LogP) is 5.84. The Kier molecular flexibility index (Phi) is 10.8. The molecular formula is C36H45N7O4. The Labute approximate surface area is 277 Å². The molecule has 248 valence electrons. The van der Waals surface area contributed by atoms with Gasteiger partial charge in [0.05, 0.1) is 25.6 Å². The number of hydrogen-bond donors (Lipinski definition) is 1. The van der Waals surface area contributed by atoms with Crippen molar-refractivity contribution in [1.82, 2.24) is 19.8 Å². The van der Waals surface area contributed by atoms with Gasteiger partial charge in [-0.3, -0.25) is 9.80 Å². The Balaban J connectivity index is 1.36. The molecule has 2 heterocycles. The molecule has 1 fully saturated rings. The molecule has 0 saturated carbocycles. The fourth-order valence-electron chi connectivity index (χ4n) is 5.47. The Hall–Kier alpha value is -4.87. The lowest BCUT2D eigenvalue weighted by atomic mass is 10.0. The van der Waals surface area contributed by atoms with E-state index in [-0.39, 0.29) is 5.88 Å². The van der Waals surface area contributed by atoms with Gasteiger partial charge in [0.2, 0.25) is 11.8 Å². The molecule has 0 bridgehead atoms. The van der Waals surface area contributed by atoms with Gasteiger partial charge in [0, 0.05) is 75.4 Å². The van der Waals surface area contributed by atoms with Gasteiger partial charge < -0.3 is 29.3 Å². The summed E-state index contributed by atoms with van der Waals surface area (Å²) in [6.45, 7) is 10.4. The van der Waals surface area contributed by atoms with Crippen LogP contribution in [-0.4, -0.2) is 100 Å². The Morgan fingerprint density at radius 3 is 2.32 bits per heavy atom. The molecule has 0 unspecified atom stereocenters. The lowest BCUT2D eigenvalue weighted by Gasteiger charge is -2.36. The van der Waals surface area contributed by atoms with E-state index in [4.69, 9.17) is 19.2 Å². The monoisotopic (exact) mass is 639 g/mol. The molecule has 47 heavy (non-hydrogen) atoms. The number of carbonyl (C=O) groups excluding carboxylic acids is 1. The van der Waals surface area contributed by atoms with Crippen LogP contribution in [-0.2, 0) is 0 Å². The van der Waals surface area contributed by atoms with E-state index >= 15 is 0 Å². The molecule has 1 saturated heterocycles. The number of anilines is 4. The van der Waals surface area contributed by atoms with Crippen LogP contribution in [0.1, 0.15) is 11.1 Å². The highest BCUT2D eigenvalue weighted by Crippen LogP contribution is 2.33. The third-order valence-corrected chi connectivity index (χ3v) is 8.52. The third kappa shape index (κ3) is 8.30. The van der Waals surface area contributed by atoms with Crippen molar-refractivity contribution < 1.29 is 19.0 Å². The molecule has 0 spiro atoms. The smallest absolute Gasteiger partial charge is 0.420 e. The first-order valence-corrected chi connectivity index (χ1v) is 15.8. The number of aryl methyl sites for hydroxylation is 1. The minimum Gasteiger partial charge on any atom is -0.497 e. The number of ether oxygens (including phenoxy) is 3. The molecule has 1 aromatic heterocycles. The highest BCUT2D eigenvalue weighted by Gasteiger charge is 2.21. The van der Waals surface area contributed by atoms with E-state index in [1.807, 2.05) is 24.3 Å². The summed E-state index contributed by atoms with van der Waals surface area (Å²) in [5.41, 5.74) is 6.28. The number of nitrogens with one attached hydrogen (secondary N) is 1. The highest BCUT2D eigenvalue weighted by molar-refractivity contribution is 5.90. The van der Waals surface area contributed by atoms with Gasteiger partial charge in [-0.2, -0.15) is 4.98 Å². The van der Waals surface area contributed by atoms with Gasteiger partial charge in [-0.05, 0) is 75.5 Å². The molecule has 1 aliphatic rings. The Morgan fingerprint density at radius 1 is 0.894 bits per heavy atom. The van der Waals surface area contributed by atoms with E-state index in [2.05, 4.69) is 71.1 Å². The van der Waals surface area contributed by atoms with Crippen molar-refractivity contribution >= 4 is 29.1 Å². The topological polar surface area (TPSA) is 95.5 Å². The minimum atomic E-state index is -0.640. The van der Waals surface area contributed by atoms with Crippen molar-refractivity contribution in [2.45, 2.75) is 13.8 Å². The summed E-state index contributed by atoms with van der Waals surface area (Å²) in [5.74, 6) is 1.51. The van der Waals surface area contributed by atoms with Crippen molar-refractivity contribution in [3.8, 4) is 28.6 Å². The van der Waals surface area contributed by atoms with Crippen molar-refractivity contribution in [2.24, 2.45) is 0 Å². The van der Waals surface area contributed by atoms with Crippen LogP contribution in [0.4, 0.5) is 27.8 Å². The molecule has 11 heteroatoms. The number of benzene rings is 3. The molecule has 3 aromatic carbocycles. The van der Waals surface area contributed by atoms with Crippen LogP contribution in [0.15, 0.2) is 66.7 Å². The van der Waals surface area contributed by atoms with Crippen LogP contribution in [0.3, 0.4) is 0 Å². The van der Waals surface area contributed by atoms with E-state index in [0.29, 0.717) is 28.8 Å². The largest absolute Gasteiger partial charge is 0.497 e. The summed E-state index contributed by atoms with van der Waals surface area (Å²) in [5, 5.41) is 3.33. The average Bonchev–Trinajstić information content (AvgIpc) is 3.08. The maximum absolute atomic E-state index is 13.4. The second kappa shape index (κ2) is 15.1. The lowest BCUT2D eigenvalue weighted by Crippen LogP contribution is -2.48. The lowest BCUT2D eigenvalue weighted by molar-refractivity contribution is 0.207. The van der Waals surface area contributed by atoms with Gasteiger partial charge in [0.25, 0.3) is 0 Å². The molecule has 0 radical (unpaired) electrons. The quantitative estimate of drug-likeness (QED) is 0.216. The van der Waals surface area contributed by atoms with Gasteiger partial charge in [-0.1, -0.05) is 18.2 Å². The van der Waals surface area contributed by atoms with Crippen LogP contribution in [0, 0.1) is 13.8 Å². The molecular weight excluding hydrogens is 594 g/mol. The zero-order valence-electron chi connectivity index (χ0n) is 28.4. The molecule has 11 nitrogen and oxygen atoms in total. The number of methoxy groups -OCH3 is 2. The van der Waals surface area contributed by atoms with E-state index in [1.165, 1.54) is 10.6 Å². The van der Waals surface area contributed by atoms with Gasteiger partial charge in [-0.25, -0.2) is 9.78 Å². The number of amides is 1. The molecule has 1 aliphatic heterocycles. The zero-order chi connectivity index (χ0) is 33.5. The van der Waals surface area contributed by atoms with Crippen molar-refractivity contribution in [1.29, 1.82) is 0 Å². The average molecular weight is 640 g/mol. The maximum Gasteiger partial charge on any atom is 0.420 e. The second-order valence-corrected chi connectivity index (χ2v) is 11.9. The summed E-state index contributed by atoms with van der Waals surface area (Å²) in [6, 6.07) is 21.2. The minimum absolute atomic E-state index is 0.112. The van der Waals surface area contributed by atoms with Crippen molar-refractivity contribution in [3.05, 3.63) is 77.9 Å². The normalized spacial score (nSPS) is 13.4. The first-order chi connectivity index (χ1) is 22.6. The number of aromatic nitrogens is 2. The third-order valence-electron chi connectivity index (χ3n) is 8.52. The number of rotatable bonds is 11. The molecule has 4 aromatic rings. The number of carbonyl (C=O) groups is 1. The maximum atomic E-state index is 13.4. The predicted molar refractivity (Wildman–Crippen MR) is 188 cm³/mol. The molecule has 0 atom stereocenters. The highest BCUT2D eigenvalue weighted by atomic mass is 16.6. The zero-order valence-corrected chi connectivity index (χ0v) is 28.4. The fourth-order valence-corrected chi connectivity index (χ4v) is 5.47. The van der Waals surface area contributed by atoms with Gasteiger partial charge in [0.1, 0.15) is 11.5 Å². The van der Waals surface area contributed by atoms with E-state index in [9.17, 15) is 4.79 Å². The standard InChI is InChI=1S/C36H45N7O4/c1-25-9-8-10-30(26(25)2)31-24-34(47-36(44)41(5)32-23-29(45-6)15-16-33(32)46-7)39-35(38-31)37-27-11-13-28(14-12-27)43-21-19-42(20-22-43)18-17-40(3)4/h8-16,23-24H,17-22H2,1-7H3,(H,37,38,39). The van der Waals surface area contributed by atoms with Crippen LogP contribution < -0.4 is 29.3 Å². The Bertz CT molecular complexity index is 1670. The van der Waals surface area contributed by atoms with Crippen LogP contribution in [0.2, 0.25) is 0 Å². The SMILES string of the molecule is COc1ccc(OC)c(N(C)C(=O)Oc2cc(-c3cccc(C)c3C)nc(Nc3ccc(N4CCN(CCN(C)C)CC4)cc3)n2)c1. The van der Waals surface area contributed by atoms with E-state index in [0.717, 1.165) is 61.6 Å². The summed E-state index contributed by atoms with van der Waals surface area (Å²) in [6.07, 6.45) is -0.640. The van der Waals surface area contributed by atoms with E-state index in [1.54, 1.807) is 45.5 Å². The summed E-state index contributed by atoms with van der Waals surface area (Å²) < 4.78 is 16.7. The number of piperazine rings is 1. The van der Waals surface area contributed by atoms with Gasteiger partial charge in [-0.15, -0.1) is 0 Å². The van der Waals surface area contributed by atoms with Crippen LogP contribution in [0.5, 0.6) is 17.4 Å². The summed E-state index contributed by atoms with van der Waals surface area (Å²) >= 11 is 0. The Morgan fingerprint density at radius 2 is 1.64 bits per heavy atom. The van der Waals surface area contributed by atoms with Crippen LogP contribution in [0.25, 0.3) is 11.3 Å². The van der Waals surface area contributed by atoms with Gasteiger partial charge >= 0.3 is 6.09 Å². The van der Waals surface area contributed by atoms with Gasteiger partial charge in [0.15, 0.2) is 0 Å². The first-order valence-electron chi connectivity index (χ1n) is 15.8. The number of nitrogens with zero attached hydrogens (tertiary/aromatic N) is 6. The summed E-state index contributed by atoms with van der Waals surface area (Å²) in [7, 11) is 8.95. The fraction of sp³-hybridized carbons (Fsp3) is 0.361. The number of likely N-dealkylation sites (N-methyl/N-ethyl adjacent to an activating group) is 1. The second-order valence-electron chi connectivity index (χ2n) is 11.9. The summed E-state index contributed by atoms with van der Waals surface area (Å²) in [4.78, 5) is 31.3. The van der Waals surface area contributed by atoms with Crippen molar-refractivity contribution in [2.75, 3.05) is 89.7 Å². The molecule has 0 aliphatic carbocycles. The van der Waals surface area contributed by atoms with Crippen LogP contribution >= 0.6 is 0 Å².